The molecule has 0 saturated carbocycles. The molecule has 3 heterocycles. The molecule has 172 valence electrons. The Kier molecular flexibility index (Phi) is 5.01. The van der Waals surface area contributed by atoms with Gasteiger partial charge < -0.3 is 25.1 Å². The van der Waals surface area contributed by atoms with E-state index in [1.54, 1.807) is 48.7 Å². The molecule has 1 spiro atoms. The van der Waals surface area contributed by atoms with E-state index in [1.807, 2.05) is 30.3 Å². The number of anilines is 1. The molecule has 1 amide bonds. The van der Waals surface area contributed by atoms with E-state index in [-0.39, 0.29) is 35.9 Å². The van der Waals surface area contributed by atoms with Gasteiger partial charge in [-0.2, -0.15) is 0 Å². The minimum Gasteiger partial charge on any atom is -0.462 e. The number of nitrogens with two attached hydrogens (primary N) is 1. The summed E-state index contributed by atoms with van der Waals surface area (Å²) in [5.74, 6) is -1.50. The number of carbonyl (C=O) groups excluding carboxylic acids is 2. The van der Waals surface area contributed by atoms with Crippen LogP contribution in [0.15, 0.2) is 76.9 Å². The third kappa shape index (κ3) is 2.95. The van der Waals surface area contributed by atoms with E-state index >= 15 is 0 Å². The third-order valence-corrected chi connectivity index (χ3v) is 6.27. The smallest absolute Gasteiger partial charge is 0.341 e. The van der Waals surface area contributed by atoms with Crippen LogP contribution in [0.3, 0.4) is 0 Å². The first kappa shape index (κ1) is 21.5. The molecule has 3 N–H and O–H groups in total. The van der Waals surface area contributed by atoms with Crippen LogP contribution in [0.25, 0.3) is 0 Å². The van der Waals surface area contributed by atoms with E-state index in [9.17, 15) is 14.4 Å². The summed E-state index contributed by atoms with van der Waals surface area (Å²) in [6, 6.07) is 18.1. The van der Waals surface area contributed by atoms with Gasteiger partial charge in [0.05, 0.1) is 18.7 Å². The first-order valence-corrected chi connectivity index (χ1v) is 10.9. The number of carbonyl (C=O) groups is 2. The minimum atomic E-state index is -1.80. The molecule has 8 heteroatoms. The first-order valence-electron chi connectivity index (χ1n) is 10.9. The van der Waals surface area contributed by atoms with E-state index < -0.39 is 22.9 Å². The zero-order chi connectivity index (χ0) is 24.0. The fraction of sp³-hybridized carbons (Fsp3) is 0.192. The Morgan fingerprint density at radius 3 is 2.56 bits per heavy atom. The van der Waals surface area contributed by atoms with Gasteiger partial charge in [0.25, 0.3) is 5.56 Å². The third-order valence-electron chi connectivity index (χ3n) is 6.27. The van der Waals surface area contributed by atoms with Crippen LogP contribution in [0.1, 0.15) is 29.3 Å². The van der Waals surface area contributed by atoms with Gasteiger partial charge in [-0.1, -0.05) is 48.5 Å². The van der Waals surface area contributed by atoms with Crippen LogP contribution in [-0.4, -0.2) is 23.1 Å². The fourth-order valence-electron chi connectivity index (χ4n) is 4.82. The van der Waals surface area contributed by atoms with Gasteiger partial charge >= 0.3 is 5.97 Å². The van der Waals surface area contributed by atoms with Gasteiger partial charge in [0.2, 0.25) is 11.8 Å². The van der Waals surface area contributed by atoms with E-state index in [2.05, 4.69) is 5.32 Å². The monoisotopic (exact) mass is 457 g/mol. The highest BCUT2D eigenvalue weighted by atomic mass is 16.5. The van der Waals surface area contributed by atoms with E-state index in [0.717, 1.165) is 5.56 Å². The molecule has 1 aromatic heterocycles. The van der Waals surface area contributed by atoms with Crippen LogP contribution < -0.4 is 21.3 Å². The number of hydrogen-bond acceptors (Lipinski definition) is 6. The molecule has 2 aliphatic rings. The lowest BCUT2D eigenvalue weighted by Crippen LogP contribution is -2.50. The van der Waals surface area contributed by atoms with E-state index in [4.69, 9.17) is 15.2 Å². The highest BCUT2D eigenvalue weighted by molar-refractivity contribution is 6.17. The Morgan fingerprint density at radius 1 is 1.12 bits per heavy atom. The highest BCUT2D eigenvalue weighted by Crippen LogP contribution is 2.52. The molecule has 1 atom stereocenters. The van der Waals surface area contributed by atoms with Gasteiger partial charge in [0.1, 0.15) is 16.7 Å². The molecular formula is C26H23N3O5. The maximum atomic E-state index is 14.1. The molecule has 0 radical (unpaired) electrons. The predicted octanol–water partition coefficient (Wildman–Crippen LogP) is 2.57. The number of nitrogens with zero attached hydrogens (tertiary/aromatic N) is 1. The Labute approximate surface area is 195 Å². The zero-order valence-corrected chi connectivity index (χ0v) is 18.8. The maximum Gasteiger partial charge on any atom is 0.341 e. The summed E-state index contributed by atoms with van der Waals surface area (Å²) in [7, 11) is 0. The molecule has 2 aliphatic heterocycles. The molecule has 0 unspecified atom stereocenters. The van der Waals surface area contributed by atoms with Crippen molar-refractivity contribution in [3.63, 3.8) is 0 Å². The van der Waals surface area contributed by atoms with Gasteiger partial charge in [0.15, 0.2) is 0 Å². The Bertz CT molecular complexity index is 1420. The van der Waals surface area contributed by atoms with Crippen LogP contribution in [0.4, 0.5) is 5.69 Å². The number of pyridine rings is 1. The number of nitrogens with one attached hydrogen (secondary N) is 1. The molecule has 0 bridgehead atoms. The van der Waals surface area contributed by atoms with Crippen molar-refractivity contribution < 1.29 is 19.1 Å². The van der Waals surface area contributed by atoms with Gasteiger partial charge in [-0.25, -0.2) is 4.79 Å². The molecule has 0 aliphatic carbocycles. The molecule has 34 heavy (non-hydrogen) atoms. The topological polar surface area (TPSA) is 113 Å². The van der Waals surface area contributed by atoms with Crippen molar-refractivity contribution in [2.75, 3.05) is 11.9 Å². The van der Waals surface area contributed by atoms with Crippen molar-refractivity contribution in [1.29, 1.82) is 0 Å². The van der Waals surface area contributed by atoms with Gasteiger partial charge in [-0.3, -0.25) is 9.59 Å². The number of ether oxygens (including phenoxy) is 2. The number of fused-ring (bicyclic) bond motifs is 4. The minimum absolute atomic E-state index is 0.0359. The molecular weight excluding hydrogens is 434 g/mol. The molecule has 0 saturated heterocycles. The number of aromatic nitrogens is 1. The number of hydrogen-bond donors (Lipinski definition) is 2. The number of para-hydroxylation sites is 1. The van der Waals surface area contributed by atoms with Crippen LogP contribution in [0, 0.1) is 6.92 Å². The van der Waals surface area contributed by atoms with Crippen LogP contribution in [-0.2, 0) is 26.3 Å². The van der Waals surface area contributed by atoms with E-state index in [1.165, 1.54) is 0 Å². The Hall–Kier alpha value is -4.33. The van der Waals surface area contributed by atoms with E-state index in [0.29, 0.717) is 16.9 Å². The predicted molar refractivity (Wildman–Crippen MR) is 125 cm³/mol. The summed E-state index contributed by atoms with van der Waals surface area (Å²) in [6.45, 7) is 3.78. The van der Waals surface area contributed by atoms with Crippen molar-refractivity contribution in [2.24, 2.45) is 5.73 Å². The molecule has 3 aromatic rings. The SMILES string of the molecule is CCOC(=O)C1=C(N)Oc2cc(C)n(Cc3ccccc3)c(=O)c2[C@@]12C(=O)Nc1ccccc12. The second-order valence-corrected chi connectivity index (χ2v) is 8.21. The molecule has 5 rings (SSSR count). The average molecular weight is 457 g/mol. The van der Waals surface area contributed by atoms with Crippen LogP contribution >= 0.6 is 0 Å². The quantitative estimate of drug-likeness (QED) is 0.583. The van der Waals surface area contributed by atoms with Gasteiger partial charge in [-0.15, -0.1) is 0 Å². The van der Waals surface area contributed by atoms with Crippen LogP contribution in [0.2, 0.25) is 0 Å². The number of aryl methyl sites for hydroxylation is 1. The second kappa shape index (κ2) is 7.91. The molecule has 8 nitrogen and oxygen atoms in total. The van der Waals surface area contributed by atoms with Gasteiger partial charge in [-0.05, 0) is 25.5 Å². The number of amides is 1. The first-order chi connectivity index (χ1) is 16.4. The Balaban J connectivity index is 1.84. The number of esters is 1. The number of rotatable bonds is 4. The van der Waals surface area contributed by atoms with Crippen molar-refractivity contribution >= 4 is 17.6 Å². The van der Waals surface area contributed by atoms with Gasteiger partial charge in [0, 0.05) is 23.0 Å². The van der Waals surface area contributed by atoms with Crippen molar-refractivity contribution in [3.8, 4) is 5.75 Å². The van der Waals surface area contributed by atoms with Crippen molar-refractivity contribution in [3.05, 3.63) is 105 Å². The molecule has 2 aromatic carbocycles. The standard InChI is InChI=1S/C26H23N3O5/c1-3-33-24(31)21-22(27)34-19-13-15(2)29(14-16-9-5-4-6-10-16)23(30)20(19)26(21)17-11-7-8-12-18(17)28-25(26)32/h4-13H,3,14,27H2,1-2H3,(H,28,32)/t26-/m1/s1. The lowest BCUT2D eigenvalue weighted by molar-refractivity contribution is -0.140. The summed E-state index contributed by atoms with van der Waals surface area (Å²) in [6.07, 6.45) is 0. The summed E-state index contributed by atoms with van der Waals surface area (Å²) in [4.78, 5) is 41.0. The summed E-state index contributed by atoms with van der Waals surface area (Å²) in [5, 5.41) is 2.82. The average Bonchev–Trinajstić information content (AvgIpc) is 3.09. The fourth-order valence-corrected chi connectivity index (χ4v) is 4.82. The summed E-state index contributed by atoms with van der Waals surface area (Å²) >= 11 is 0. The highest BCUT2D eigenvalue weighted by Gasteiger charge is 2.60. The second-order valence-electron chi connectivity index (χ2n) is 8.21. The van der Waals surface area contributed by atoms with Crippen LogP contribution in [0.5, 0.6) is 5.75 Å². The lowest BCUT2D eigenvalue weighted by Gasteiger charge is -2.35. The largest absolute Gasteiger partial charge is 0.462 e. The number of benzene rings is 2. The van der Waals surface area contributed by atoms with Crippen molar-refractivity contribution in [1.82, 2.24) is 4.57 Å². The lowest BCUT2D eigenvalue weighted by atomic mass is 9.68. The summed E-state index contributed by atoms with van der Waals surface area (Å²) < 4.78 is 12.6. The maximum absolute atomic E-state index is 14.1. The summed E-state index contributed by atoms with van der Waals surface area (Å²) in [5.41, 5.74) is 6.30. The van der Waals surface area contributed by atoms with Crippen molar-refractivity contribution in [2.45, 2.75) is 25.8 Å². The Morgan fingerprint density at radius 2 is 1.82 bits per heavy atom. The zero-order valence-electron chi connectivity index (χ0n) is 18.8. The molecule has 0 fully saturated rings. The normalized spacial score (nSPS) is 18.2.